The number of aryl methyl sites for hydroxylation is 1. The minimum absolute atomic E-state index is 0.0464. The summed E-state index contributed by atoms with van der Waals surface area (Å²) in [5, 5.41) is 3.90. The van der Waals surface area contributed by atoms with Crippen molar-refractivity contribution in [3.63, 3.8) is 0 Å². The molecule has 6 nitrogen and oxygen atoms in total. The summed E-state index contributed by atoms with van der Waals surface area (Å²) >= 11 is 13.6. The van der Waals surface area contributed by atoms with E-state index >= 15 is 0 Å². The van der Waals surface area contributed by atoms with Gasteiger partial charge in [0.15, 0.2) is 5.13 Å². The molecule has 29 heavy (non-hydrogen) atoms. The molecule has 0 radical (unpaired) electrons. The Morgan fingerprint density at radius 1 is 1.14 bits per heavy atom. The standard InChI is InChI=1S/C19H17Cl2N3O3S2/c1-11-3-4-12(8-17(11)21)7-13-10-23-19(28-13)24-18(25)15-9-14(5-6-16(15)20)29(26,27)22-2/h3-6,8-10,22H,7H2,1-2H3,(H,23,24,25). The second kappa shape index (κ2) is 8.81. The summed E-state index contributed by atoms with van der Waals surface area (Å²) in [5.41, 5.74) is 2.09. The summed E-state index contributed by atoms with van der Waals surface area (Å²) in [6.07, 6.45) is 2.31. The predicted molar refractivity (Wildman–Crippen MR) is 117 cm³/mol. The Labute approximate surface area is 182 Å². The van der Waals surface area contributed by atoms with Crippen LogP contribution in [0.5, 0.6) is 0 Å². The maximum absolute atomic E-state index is 12.6. The van der Waals surface area contributed by atoms with Crippen molar-refractivity contribution < 1.29 is 13.2 Å². The Hall–Kier alpha value is -1.97. The number of anilines is 1. The largest absolute Gasteiger partial charge is 0.298 e. The summed E-state index contributed by atoms with van der Waals surface area (Å²) < 4.78 is 26.1. The van der Waals surface area contributed by atoms with Crippen LogP contribution in [-0.2, 0) is 16.4 Å². The van der Waals surface area contributed by atoms with Crippen molar-refractivity contribution in [1.82, 2.24) is 9.71 Å². The van der Waals surface area contributed by atoms with E-state index in [1.807, 2.05) is 25.1 Å². The summed E-state index contributed by atoms with van der Waals surface area (Å²) in [4.78, 5) is 17.7. The highest BCUT2D eigenvalue weighted by Crippen LogP contribution is 2.26. The molecule has 1 aromatic heterocycles. The number of halogens is 2. The lowest BCUT2D eigenvalue weighted by atomic mass is 10.1. The quantitative estimate of drug-likeness (QED) is 0.555. The summed E-state index contributed by atoms with van der Waals surface area (Å²) in [6, 6.07) is 9.78. The van der Waals surface area contributed by atoms with Crippen molar-refractivity contribution in [3.8, 4) is 0 Å². The molecule has 2 N–H and O–H groups in total. The zero-order chi connectivity index (χ0) is 21.2. The monoisotopic (exact) mass is 469 g/mol. The Morgan fingerprint density at radius 2 is 1.90 bits per heavy atom. The van der Waals surface area contributed by atoms with E-state index in [-0.39, 0.29) is 15.5 Å². The van der Waals surface area contributed by atoms with E-state index in [0.29, 0.717) is 16.6 Å². The number of thiazole rings is 1. The van der Waals surface area contributed by atoms with Crippen LogP contribution in [0.15, 0.2) is 47.5 Å². The Kier molecular flexibility index (Phi) is 6.60. The van der Waals surface area contributed by atoms with Crippen molar-refractivity contribution in [1.29, 1.82) is 0 Å². The topological polar surface area (TPSA) is 88.2 Å². The highest BCUT2D eigenvalue weighted by Gasteiger charge is 2.18. The van der Waals surface area contributed by atoms with Gasteiger partial charge in [0.25, 0.3) is 5.91 Å². The second-order valence-corrected chi connectivity index (χ2v) is 10.0. The predicted octanol–water partition coefficient (Wildman–Crippen LogP) is 4.51. The van der Waals surface area contributed by atoms with Crippen molar-refractivity contribution in [2.45, 2.75) is 18.2 Å². The first-order valence-electron chi connectivity index (χ1n) is 8.44. The van der Waals surface area contributed by atoms with Crippen molar-refractivity contribution in [2.75, 3.05) is 12.4 Å². The number of nitrogens with zero attached hydrogens (tertiary/aromatic N) is 1. The normalized spacial score (nSPS) is 11.4. The van der Waals surface area contributed by atoms with Crippen LogP contribution in [0, 0.1) is 6.92 Å². The number of rotatable bonds is 6. The molecular weight excluding hydrogens is 453 g/mol. The van der Waals surface area contributed by atoms with E-state index in [4.69, 9.17) is 23.2 Å². The molecule has 0 aliphatic heterocycles. The van der Waals surface area contributed by atoms with E-state index in [2.05, 4.69) is 15.0 Å². The number of hydrogen-bond donors (Lipinski definition) is 2. The van der Waals surface area contributed by atoms with Crippen LogP contribution in [0.4, 0.5) is 5.13 Å². The Morgan fingerprint density at radius 3 is 2.59 bits per heavy atom. The number of carbonyl (C=O) groups is 1. The number of amides is 1. The Balaban J connectivity index is 1.76. The number of sulfonamides is 1. The zero-order valence-electron chi connectivity index (χ0n) is 15.5. The summed E-state index contributed by atoms with van der Waals surface area (Å²) in [5.74, 6) is -0.539. The molecule has 0 aliphatic rings. The van der Waals surface area contributed by atoms with Gasteiger partial charge in [-0.1, -0.05) is 35.3 Å². The van der Waals surface area contributed by atoms with Gasteiger partial charge in [0.2, 0.25) is 10.0 Å². The van der Waals surface area contributed by atoms with E-state index in [1.165, 1.54) is 36.6 Å². The molecular formula is C19H17Cl2N3O3S2. The number of carbonyl (C=O) groups excluding carboxylic acids is 1. The van der Waals surface area contributed by atoms with Crippen LogP contribution >= 0.6 is 34.5 Å². The van der Waals surface area contributed by atoms with E-state index in [1.54, 1.807) is 6.20 Å². The van der Waals surface area contributed by atoms with Crippen LogP contribution in [-0.4, -0.2) is 26.4 Å². The maximum Gasteiger partial charge on any atom is 0.259 e. The molecule has 10 heteroatoms. The van der Waals surface area contributed by atoms with Gasteiger partial charge in [-0.25, -0.2) is 18.1 Å². The van der Waals surface area contributed by atoms with Crippen LogP contribution in [0.1, 0.15) is 26.4 Å². The van der Waals surface area contributed by atoms with Crippen LogP contribution in [0.2, 0.25) is 10.0 Å². The molecule has 2 aromatic carbocycles. The lowest BCUT2D eigenvalue weighted by Gasteiger charge is -2.07. The van der Waals surface area contributed by atoms with Crippen molar-refractivity contribution in [2.24, 2.45) is 0 Å². The SMILES string of the molecule is CNS(=O)(=O)c1ccc(Cl)c(C(=O)Nc2ncc(Cc3ccc(C)c(Cl)c3)s2)c1. The van der Waals surface area contributed by atoms with E-state index < -0.39 is 15.9 Å². The Bertz CT molecular complexity index is 1180. The molecule has 0 spiro atoms. The molecule has 0 saturated carbocycles. The van der Waals surface area contributed by atoms with E-state index in [0.717, 1.165) is 16.0 Å². The highest BCUT2D eigenvalue weighted by molar-refractivity contribution is 7.89. The van der Waals surface area contributed by atoms with Gasteiger partial charge < -0.3 is 0 Å². The van der Waals surface area contributed by atoms with Gasteiger partial charge >= 0.3 is 0 Å². The van der Waals surface area contributed by atoms with Crippen LogP contribution in [0.3, 0.4) is 0 Å². The van der Waals surface area contributed by atoms with Gasteiger partial charge in [0.05, 0.1) is 15.5 Å². The molecule has 0 bridgehead atoms. The van der Waals surface area contributed by atoms with E-state index in [9.17, 15) is 13.2 Å². The first-order chi connectivity index (χ1) is 13.7. The fourth-order valence-corrected chi connectivity index (χ4v) is 4.53. The van der Waals surface area contributed by atoms with Crippen LogP contribution in [0.25, 0.3) is 0 Å². The lowest BCUT2D eigenvalue weighted by molar-refractivity contribution is 0.102. The first-order valence-corrected chi connectivity index (χ1v) is 11.5. The molecule has 0 aliphatic carbocycles. The summed E-state index contributed by atoms with van der Waals surface area (Å²) in [6.45, 7) is 1.94. The second-order valence-electron chi connectivity index (χ2n) is 6.20. The minimum atomic E-state index is -3.69. The fourth-order valence-electron chi connectivity index (χ4n) is 2.52. The number of benzene rings is 2. The first kappa shape index (κ1) is 21.7. The molecule has 3 rings (SSSR count). The minimum Gasteiger partial charge on any atom is -0.298 e. The third-order valence-corrected chi connectivity index (χ3v) is 7.21. The zero-order valence-corrected chi connectivity index (χ0v) is 18.6. The average molecular weight is 470 g/mol. The molecule has 0 unspecified atom stereocenters. The van der Waals surface area contributed by atoms with Gasteiger partial charge in [-0.15, -0.1) is 11.3 Å². The van der Waals surface area contributed by atoms with Crippen molar-refractivity contribution in [3.05, 3.63) is 74.2 Å². The maximum atomic E-state index is 12.6. The molecule has 0 saturated heterocycles. The lowest BCUT2D eigenvalue weighted by Crippen LogP contribution is -2.20. The van der Waals surface area contributed by atoms with Gasteiger partial charge in [-0.05, 0) is 49.4 Å². The molecule has 152 valence electrons. The molecule has 3 aromatic rings. The average Bonchev–Trinajstić information content (AvgIpc) is 3.11. The van der Waals surface area contributed by atoms with Gasteiger partial charge in [0.1, 0.15) is 0 Å². The third kappa shape index (κ3) is 5.15. The molecule has 0 fully saturated rings. The fraction of sp³-hybridized carbons (Fsp3) is 0.158. The van der Waals surface area contributed by atoms with Gasteiger partial charge in [0, 0.05) is 22.5 Å². The van der Waals surface area contributed by atoms with Gasteiger partial charge in [-0.3, -0.25) is 10.1 Å². The van der Waals surface area contributed by atoms with Gasteiger partial charge in [-0.2, -0.15) is 0 Å². The van der Waals surface area contributed by atoms with Crippen molar-refractivity contribution >= 4 is 55.6 Å². The van der Waals surface area contributed by atoms with Crippen LogP contribution < -0.4 is 10.0 Å². The third-order valence-electron chi connectivity index (χ3n) is 4.15. The number of nitrogens with one attached hydrogen (secondary N) is 2. The number of hydrogen-bond acceptors (Lipinski definition) is 5. The number of aromatic nitrogens is 1. The molecule has 1 heterocycles. The molecule has 1 amide bonds. The highest BCUT2D eigenvalue weighted by atomic mass is 35.5. The summed E-state index contributed by atoms with van der Waals surface area (Å²) in [7, 11) is -2.40. The molecule has 0 atom stereocenters. The smallest absolute Gasteiger partial charge is 0.259 e.